The van der Waals surface area contributed by atoms with Gasteiger partial charge in [-0.25, -0.2) is 0 Å². The molecule has 0 aliphatic carbocycles. The number of aromatic nitrogens is 1. The number of hydrogen-bond donors (Lipinski definition) is 0. The van der Waals surface area contributed by atoms with Crippen LogP contribution in [0.5, 0.6) is 0 Å². The molecule has 0 saturated heterocycles. The Morgan fingerprint density at radius 2 is 1.17 bits per heavy atom. The average Bonchev–Trinajstić information content (AvgIpc) is 3.89. The van der Waals surface area contributed by atoms with Gasteiger partial charge in [0.1, 0.15) is 0 Å². The van der Waals surface area contributed by atoms with Crippen LogP contribution in [0.3, 0.4) is 0 Å². The molecule has 0 amide bonds. The smallest absolute Gasteiger partial charge is 0.0821 e. The van der Waals surface area contributed by atoms with Crippen LogP contribution in [0.25, 0.3) is 85.9 Å². The largest absolute Gasteiger partial charge is 0.309 e. The summed E-state index contributed by atoms with van der Waals surface area (Å²) in [5.74, 6) is 0.213. The highest BCUT2D eigenvalue weighted by Crippen LogP contribution is 2.45. The number of nitrogens with zero attached hydrogens (tertiary/aromatic N) is 2. The Morgan fingerprint density at radius 1 is 0.531 bits per heavy atom. The van der Waals surface area contributed by atoms with Crippen molar-refractivity contribution in [2.45, 2.75) is 39.7 Å². The third kappa shape index (κ3) is 6.83. The zero-order valence-corrected chi connectivity index (χ0v) is 37.4. The molecule has 2 unspecified atom stereocenters. The predicted molar refractivity (Wildman–Crippen MR) is 279 cm³/mol. The highest BCUT2D eigenvalue weighted by molar-refractivity contribution is 7.25. The van der Waals surface area contributed by atoms with Crippen molar-refractivity contribution in [3.8, 4) is 16.8 Å². The molecule has 2 heterocycles. The van der Waals surface area contributed by atoms with Gasteiger partial charge in [-0.05, 0) is 105 Å². The Kier molecular flexibility index (Phi) is 10.3. The second kappa shape index (κ2) is 16.6. The standard InChI is InChI=1S/C61H50N2S/c1-5-39(3)60(62-61(44-33-31-42(32-34-44)41-19-8-7-9-20-41)48(6-2)40(4)49-28-18-24-43-21-12-13-25-50(43)49)54-37-47(38-58-59(54)52-27-15-17-30-57(52)64-58)63-55-29-16-14-26-51(55)53-35-45-22-10-11-23-46(45)36-56(53)63/h7-39,48,61H,4-6H2,1-3H3/t39?,48-,61?/m0/s1. The second-order valence-electron chi connectivity index (χ2n) is 17.4. The molecule has 9 aromatic carbocycles. The first kappa shape index (κ1) is 39.8. The van der Waals surface area contributed by atoms with Gasteiger partial charge in [0.05, 0.1) is 17.1 Å². The highest BCUT2D eigenvalue weighted by Gasteiger charge is 2.29. The van der Waals surface area contributed by atoms with Crippen LogP contribution >= 0.6 is 11.3 Å². The summed E-state index contributed by atoms with van der Waals surface area (Å²) in [5.41, 5.74) is 11.9. The molecule has 0 spiro atoms. The van der Waals surface area contributed by atoms with E-state index in [-0.39, 0.29) is 17.9 Å². The maximum absolute atomic E-state index is 6.16. The van der Waals surface area contributed by atoms with Crippen LogP contribution in [-0.4, -0.2) is 10.3 Å². The first-order valence-electron chi connectivity index (χ1n) is 22.8. The quantitative estimate of drug-likeness (QED) is 0.115. The van der Waals surface area contributed by atoms with E-state index >= 15 is 0 Å². The summed E-state index contributed by atoms with van der Waals surface area (Å²) >= 11 is 1.88. The minimum Gasteiger partial charge on any atom is -0.309 e. The molecule has 2 aromatic heterocycles. The van der Waals surface area contributed by atoms with Gasteiger partial charge in [-0.3, -0.25) is 4.99 Å². The van der Waals surface area contributed by atoms with Crippen molar-refractivity contribution < 1.29 is 0 Å². The zero-order valence-electron chi connectivity index (χ0n) is 36.6. The van der Waals surface area contributed by atoms with Crippen LogP contribution in [-0.2, 0) is 0 Å². The molecular weight excluding hydrogens is 793 g/mol. The molecule has 2 nitrogen and oxygen atoms in total. The van der Waals surface area contributed by atoms with Crippen molar-refractivity contribution in [2.75, 3.05) is 0 Å². The Balaban J connectivity index is 1.18. The number of thiophene rings is 1. The topological polar surface area (TPSA) is 17.3 Å². The van der Waals surface area contributed by atoms with Crippen LogP contribution in [0.4, 0.5) is 0 Å². The molecule has 0 saturated carbocycles. The van der Waals surface area contributed by atoms with Gasteiger partial charge in [0, 0.05) is 53.8 Å². The normalized spacial score (nSPS) is 13.6. The molecule has 0 aliphatic heterocycles. The van der Waals surface area contributed by atoms with E-state index < -0.39 is 0 Å². The fourth-order valence-corrected chi connectivity index (χ4v) is 11.3. The summed E-state index contributed by atoms with van der Waals surface area (Å²) < 4.78 is 5.05. The van der Waals surface area contributed by atoms with Gasteiger partial charge in [0.2, 0.25) is 0 Å². The molecule has 0 bridgehead atoms. The van der Waals surface area contributed by atoms with E-state index in [0.29, 0.717) is 0 Å². The minimum absolute atomic E-state index is 0.0379. The van der Waals surface area contributed by atoms with Gasteiger partial charge < -0.3 is 4.57 Å². The van der Waals surface area contributed by atoms with E-state index in [9.17, 15) is 0 Å². The van der Waals surface area contributed by atoms with Crippen molar-refractivity contribution >= 4 is 86.1 Å². The monoisotopic (exact) mass is 842 g/mol. The summed E-state index contributed by atoms with van der Waals surface area (Å²) in [6, 6.07) is 71.2. The Morgan fingerprint density at radius 3 is 1.94 bits per heavy atom. The van der Waals surface area contributed by atoms with E-state index in [1.165, 1.54) is 91.3 Å². The Bertz CT molecular complexity index is 3560. The number of fused-ring (bicyclic) bond motifs is 8. The summed E-state index contributed by atoms with van der Waals surface area (Å²) in [6.45, 7) is 11.9. The lowest BCUT2D eigenvalue weighted by Gasteiger charge is -2.29. The van der Waals surface area contributed by atoms with Crippen LogP contribution in [0.1, 0.15) is 56.3 Å². The van der Waals surface area contributed by atoms with Gasteiger partial charge in [-0.15, -0.1) is 11.3 Å². The lowest BCUT2D eigenvalue weighted by molar-refractivity contribution is 0.520. The van der Waals surface area contributed by atoms with Gasteiger partial charge in [-0.1, -0.05) is 185 Å². The van der Waals surface area contributed by atoms with Gasteiger partial charge in [0.15, 0.2) is 0 Å². The molecule has 310 valence electrons. The van der Waals surface area contributed by atoms with Crippen molar-refractivity contribution in [3.05, 3.63) is 217 Å². The number of rotatable bonds is 11. The van der Waals surface area contributed by atoms with Crippen molar-refractivity contribution in [2.24, 2.45) is 16.8 Å². The van der Waals surface area contributed by atoms with Gasteiger partial charge in [0.25, 0.3) is 0 Å². The first-order valence-corrected chi connectivity index (χ1v) is 23.6. The van der Waals surface area contributed by atoms with E-state index in [2.05, 4.69) is 219 Å². The fraction of sp³-hybridized carbons (Fsp3) is 0.131. The summed E-state index contributed by atoms with van der Waals surface area (Å²) in [5, 5.41) is 10.0. The third-order valence-corrected chi connectivity index (χ3v) is 14.8. The molecule has 11 aromatic rings. The molecule has 3 heteroatoms. The maximum atomic E-state index is 6.16. The average molecular weight is 843 g/mol. The Hall–Kier alpha value is -7.07. The van der Waals surface area contributed by atoms with E-state index in [4.69, 9.17) is 11.6 Å². The van der Waals surface area contributed by atoms with Crippen LogP contribution < -0.4 is 0 Å². The summed E-state index contributed by atoms with van der Waals surface area (Å²) in [7, 11) is 0. The van der Waals surface area contributed by atoms with Crippen molar-refractivity contribution in [1.29, 1.82) is 0 Å². The Labute approximate surface area is 379 Å². The first-order chi connectivity index (χ1) is 31.5. The van der Waals surface area contributed by atoms with Crippen LogP contribution in [0.2, 0.25) is 0 Å². The van der Waals surface area contributed by atoms with Gasteiger partial charge >= 0.3 is 0 Å². The molecule has 11 rings (SSSR count). The second-order valence-corrected chi connectivity index (χ2v) is 18.4. The highest BCUT2D eigenvalue weighted by atomic mass is 32.1. The number of benzene rings is 9. The lowest BCUT2D eigenvalue weighted by atomic mass is 9.80. The van der Waals surface area contributed by atoms with E-state index in [1.807, 2.05) is 11.3 Å². The maximum Gasteiger partial charge on any atom is 0.0821 e. The SMILES string of the molecule is C=C(c1cccc2ccccc12)[C@H](CC)C(N=C(c1cc(-n2c3ccccc3c3cc4ccccc4cc32)cc2sc3ccccc3c12)C(C)CC)c1ccc(-c2ccccc2)cc1. The van der Waals surface area contributed by atoms with Crippen molar-refractivity contribution in [1.82, 2.24) is 4.57 Å². The van der Waals surface area contributed by atoms with Crippen LogP contribution in [0, 0.1) is 11.8 Å². The molecule has 0 N–H and O–H groups in total. The molecule has 0 radical (unpaired) electrons. The van der Waals surface area contributed by atoms with Crippen molar-refractivity contribution in [3.63, 3.8) is 0 Å². The summed E-state index contributed by atoms with van der Waals surface area (Å²) in [4.78, 5) is 6.16. The zero-order chi connectivity index (χ0) is 43.3. The molecule has 0 aliphatic rings. The molecular formula is C61H50N2S. The van der Waals surface area contributed by atoms with Gasteiger partial charge in [-0.2, -0.15) is 0 Å². The fourth-order valence-electron chi connectivity index (χ4n) is 10.2. The van der Waals surface area contributed by atoms with E-state index in [0.717, 1.165) is 29.8 Å². The predicted octanol–water partition coefficient (Wildman–Crippen LogP) is 17.4. The third-order valence-electron chi connectivity index (χ3n) is 13.7. The van der Waals surface area contributed by atoms with Crippen LogP contribution in [0.15, 0.2) is 206 Å². The minimum atomic E-state index is -0.187. The number of hydrogen-bond acceptors (Lipinski definition) is 2. The molecule has 64 heavy (non-hydrogen) atoms. The lowest BCUT2D eigenvalue weighted by Crippen LogP contribution is -2.19. The number of aliphatic imine (C=N–C) groups is 1. The number of para-hydroxylation sites is 1. The molecule has 0 fully saturated rings. The summed E-state index contributed by atoms with van der Waals surface area (Å²) in [6.07, 6.45) is 1.84. The molecule has 3 atom stereocenters. The van der Waals surface area contributed by atoms with E-state index in [1.54, 1.807) is 0 Å².